The first-order valence-corrected chi connectivity index (χ1v) is 7.11. The van der Waals surface area contributed by atoms with Gasteiger partial charge in [0.25, 0.3) is 0 Å². The minimum absolute atomic E-state index is 0.166. The average molecular weight is 266 g/mol. The predicted molar refractivity (Wildman–Crippen MR) is 69.7 cm³/mol. The second kappa shape index (κ2) is 6.28. The van der Waals surface area contributed by atoms with Crippen molar-refractivity contribution in [1.82, 2.24) is 10.1 Å². The summed E-state index contributed by atoms with van der Waals surface area (Å²) >= 11 is 0. The first kappa shape index (κ1) is 14.2. The van der Waals surface area contributed by atoms with Gasteiger partial charge in [0, 0.05) is 13.0 Å². The quantitative estimate of drug-likeness (QED) is 0.819. The Morgan fingerprint density at radius 1 is 1.42 bits per heavy atom. The molecule has 1 fully saturated rings. The molecule has 2 unspecified atom stereocenters. The van der Waals surface area contributed by atoms with Crippen molar-refractivity contribution in [1.29, 1.82) is 0 Å². The Bertz CT molecular complexity index is 428. The number of carbonyl (C=O) groups excluding carboxylic acids is 1. The van der Waals surface area contributed by atoms with Gasteiger partial charge in [-0.2, -0.15) is 4.98 Å². The summed E-state index contributed by atoms with van der Waals surface area (Å²) in [5.41, 5.74) is 0. The maximum Gasteiger partial charge on any atom is 0.237 e. The number of ketones is 1. The predicted octanol–water partition coefficient (Wildman–Crippen LogP) is 3.03. The molecule has 1 heterocycles. The first-order valence-electron chi connectivity index (χ1n) is 7.11. The standard InChI is InChI=1S/C14H22N2O3/c1-4-18-12(9(2)3)13-15-14(19-16-13)10-7-5-6-8-11(10)17/h9-10,12H,4-8H2,1-3H3. The molecule has 106 valence electrons. The molecule has 19 heavy (non-hydrogen) atoms. The molecule has 2 rings (SSSR count). The molecule has 0 radical (unpaired) electrons. The second-order valence-corrected chi connectivity index (χ2v) is 5.38. The molecule has 1 aliphatic carbocycles. The van der Waals surface area contributed by atoms with Crippen LogP contribution in [0.1, 0.15) is 70.2 Å². The summed E-state index contributed by atoms with van der Waals surface area (Å²) < 4.78 is 10.9. The van der Waals surface area contributed by atoms with Gasteiger partial charge in [0.15, 0.2) is 0 Å². The maximum atomic E-state index is 11.9. The van der Waals surface area contributed by atoms with Gasteiger partial charge in [0.1, 0.15) is 11.9 Å². The van der Waals surface area contributed by atoms with Crippen molar-refractivity contribution in [2.45, 2.75) is 58.5 Å². The van der Waals surface area contributed by atoms with Crippen molar-refractivity contribution in [2.75, 3.05) is 6.61 Å². The SMILES string of the molecule is CCOC(c1noc(C2CCCCC2=O)n1)C(C)C. The van der Waals surface area contributed by atoms with Crippen molar-refractivity contribution >= 4 is 5.78 Å². The van der Waals surface area contributed by atoms with Gasteiger partial charge in [0.05, 0.1) is 5.92 Å². The van der Waals surface area contributed by atoms with Crippen molar-refractivity contribution in [3.63, 3.8) is 0 Å². The van der Waals surface area contributed by atoms with Crippen LogP contribution in [-0.2, 0) is 9.53 Å². The Balaban J connectivity index is 2.15. The van der Waals surface area contributed by atoms with Crippen molar-refractivity contribution in [3.8, 4) is 0 Å². The van der Waals surface area contributed by atoms with E-state index in [2.05, 4.69) is 24.0 Å². The molecular weight excluding hydrogens is 244 g/mol. The van der Waals surface area contributed by atoms with Crippen LogP contribution in [0.25, 0.3) is 0 Å². The van der Waals surface area contributed by atoms with Gasteiger partial charge in [-0.15, -0.1) is 0 Å². The molecule has 0 spiro atoms. The van der Waals surface area contributed by atoms with E-state index in [0.29, 0.717) is 24.7 Å². The summed E-state index contributed by atoms with van der Waals surface area (Å²) in [6.45, 7) is 6.67. The van der Waals surface area contributed by atoms with Crippen LogP contribution in [0.4, 0.5) is 0 Å². The summed E-state index contributed by atoms with van der Waals surface area (Å²) in [7, 11) is 0. The molecule has 1 saturated carbocycles. The summed E-state index contributed by atoms with van der Waals surface area (Å²) in [6.07, 6.45) is 3.31. The van der Waals surface area contributed by atoms with Gasteiger partial charge < -0.3 is 9.26 Å². The van der Waals surface area contributed by atoms with Gasteiger partial charge in [-0.25, -0.2) is 0 Å². The highest BCUT2D eigenvalue weighted by molar-refractivity contribution is 5.85. The minimum atomic E-state index is -0.204. The van der Waals surface area contributed by atoms with Crippen LogP contribution in [-0.4, -0.2) is 22.5 Å². The van der Waals surface area contributed by atoms with Gasteiger partial charge in [-0.3, -0.25) is 4.79 Å². The van der Waals surface area contributed by atoms with Crippen molar-refractivity contribution in [2.24, 2.45) is 5.92 Å². The van der Waals surface area contributed by atoms with E-state index >= 15 is 0 Å². The third-order valence-corrected chi connectivity index (χ3v) is 3.52. The van der Waals surface area contributed by atoms with Crippen LogP contribution in [0.3, 0.4) is 0 Å². The lowest BCUT2D eigenvalue weighted by Gasteiger charge is -2.17. The number of nitrogens with zero attached hydrogens (tertiary/aromatic N) is 2. The highest BCUT2D eigenvalue weighted by Crippen LogP contribution is 2.31. The summed E-state index contributed by atoms with van der Waals surface area (Å²) in [4.78, 5) is 16.3. The zero-order chi connectivity index (χ0) is 13.8. The molecule has 1 aromatic heterocycles. The number of ether oxygens (including phenoxy) is 1. The highest BCUT2D eigenvalue weighted by atomic mass is 16.5. The topological polar surface area (TPSA) is 65.2 Å². The number of hydrogen-bond acceptors (Lipinski definition) is 5. The zero-order valence-corrected chi connectivity index (χ0v) is 11.9. The molecular formula is C14H22N2O3. The third-order valence-electron chi connectivity index (χ3n) is 3.52. The Hall–Kier alpha value is -1.23. The summed E-state index contributed by atoms with van der Waals surface area (Å²) in [5.74, 6) is 1.31. The fourth-order valence-electron chi connectivity index (χ4n) is 2.49. The van der Waals surface area contributed by atoms with Crippen LogP contribution in [0, 0.1) is 5.92 Å². The van der Waals surface area contributed by atoms with Crippen molar-refractivity contribution < 1.29 is 14.1 Å². The van der Waals surface area contributed by atoms with E-state index in [0.717, 1.165) is 19.3 Å². The van der Waals surface area contributed by atoms with E-state index in [1.54, 1.807) is 0 Å². The van der Waals surface area contributed by atoms with Crippen LogP contribution in [0.5, 0.6) is 0 Å². The van der Waals surface area contributed by atoms with Gasteiger partial charge in [-0.1, -0.05) is 25.4 Å². The van der Waals surface area contributed by atoms with Crippen LogP contribution < -0.4 is 0 Å². The van der Waals surface area contributed by atoms with E-state index in [1.807, 2.05) is 6.92 Å². The minimum Gasteiger partial charge on any atom is -0.370 e. The molecule has 0 bridgehead atoms. The van der Waals surface area contributed by atoms with Crippen molar-refractivity contribution in [3.05, 3.63) is 11.7 Å². The largest absolute Gasteiger partial charge is 0.370 e. The second-order valence-electron chi connectivity index (χ2n) is 5.38. The van der Waals surface area contributed by atoms with E-state index in [4.69, 9.17) is 9.26 Å². The molecule has 0 saturated heterocycles. The van der Waals surface area contributed by atoms with Crippen LogP contribution >= 0.6 is 0 Å². The third kappa shape index (κ3) is 3.21. The Labute approximate surface area is 113 Å². The van der Waals surface area contributed by atoms with Crippen LogP contribution in [0.15, 0.2) is 4.52 Å². The molecule has 5 nitrogen and oxygen atoms in total. The highest BCUT2D eigenvalue weighted by Gasteiger charge is 2.30. The number of aromatic nitrogens is 2. The van der Waals surface area contributed by atoms with Gasteiger partial charge >= 0.3 is 0 Å². The molecule has 5 heteroatoms. The normalized spacial score (nSPS) is 21.9. The maximum absolute atomic E-state index is 11.9. The lowest BCUT2D eigenvalue weighted by molar-refractivity contribution is -0.122. The molecule has 0 amide bonds. The molecule has 0 aliphatic heterocycles. The average Bonchev–Trinajstić information content (AvgIpc) is 2.85. The van der Waals surface area contributed by atoms with E-state index in [-0.39, 0.29) is 23.7 Å². The fraction of sp³-hybridized carbons (Fsp3) is 0.786. The van der Waals surface area contributed by atoms with E-state index in [9.17, 15) is 4.79 Å². The van der Waals surface area contributed by atoms with E-state index < -0.39 is 0 Å². The lowest BCUT2D eigenvalue weighted by Crippen LogP contribution is -2.18. The number of carbonyl (C=O) groups is 1. The number of rotatable bonds is 5. The van der Waals surface area contributed by atoms with Gasteiger partial charge in [0.2, 0.25) is 11.7 Å². The monoisotopic (exact) mass is 266 g/mol. The Kier molecular flexibility index (Phi) is 4.69. The van der Waals surface area contributed by atoms with E-state index in [1.165, 1.54) is 0 Å². The molecule has 2 atom stereocenters. The molecule has 1 aromatic rings. The molecule has 1 aliphatic rings. The lowest BCUT2D eigenvalue weighted by atomic mass is 9.88. The summed E-state index contributed by atoms with van der Waals surface area (Å²) in [5, 5.41) is 4.00. The molecule has 0 N–H and O–H groups in total. The Morgan fingerprint density at radius 2 is 2.21 bits per heavy atom. The first-order chi connectivity index (χ1) is 9.13. The molecule has 0 aromatic carbocycles. The van der Waals surface area contributed by atoms with Crippen LogP contribution in [0.2, 0.25) is 0 Å². The number of Topliss-reactive ketones (excluding diaryl/α,β-unsaturated/α-hetero) is 1. The summed E-state index contributed by atoms with van der Waals surface area (Å²) in [6, 6.07) is 0. The Morgan fingerprint density at radius 3 is 2.84 bits per heavy atom. The smallest absolute Gasteiger partial charge is 0.237 e. The zero-order valence-electron chi connectivity index (χ0n) is 11.9. The number of hydrogen-bond donors (Lipinski definition) is 0. The van der Waals surface area contributed by atoms with Gasteiger partial charge in [-0.05, 0) is 25.7 Å². The fourth-order valence-corrected chi connectivity index (χ4v) is 2.49.